The van der Waals surface area contributed by atoms with Gasteiger partial charge in [0.05, 0.1) is 0 Å². The largest absolute Gasteiger partial charge is 0.390 e. The Bertz CT molecular complexity index is 660. The Hall–Kier alpha value is -1.58. The van der Waals surface area contributed by atoms with E-state index in [0.29, 0.717) is 4.57 Å². The summed E-state index contributed by atoms with van der Waals surface area (Å²) < 4.78 is 33.8. The highest BCUT2D eigenvalue weighted by atomic mass is 19.2. The normalized spacial score (nSPS) is 44.1. The van der Waals surface area contributed by atoms with Crippen molar-refractivity contribution in [1.29, 1.82) is 0 Å². The van der Waals surface area contributed by atoms with Crippen LogP contribution in [0.4, 0.5) is 8.78 Å². The zero-order valence-corrected chi connectivity index (χ0v) is 9.47. The number of nitrogens with zero attached hydrogens (tertiary/aromatic N) is 1. The molecule has 1 saturated heterocycles. The molecule has 1 aromatic rings. The number of halogens is 2. The minimum atomic E-state index is -2.98. The van der Waals surface area contributed by atoms with Crippen molar-refractivity contribution in [2.75, 3.05) is 6.61 Å². The fourth-order valence-electron chi connectivity index (χ4n) is 2.57. The average molecular weight is 276 g/mol. The van der Waals surface area contributed by atoms with Gasteiger partial charge < -0.3 is 14.9 Å². The van der Waals surface area contributed by atoms with E-state index < -0.39 is 47.6 Å². The van der Waals surface area contributed by atoms with Gasteiger partial charge >= 0.3 is 5.69 Å². The Kier molecular flexibility index (Phi) is 2.16. The molecule has 1 aromatic heterocycles. The molecule has 1 aliphatic heterocycles. The topological polar surface area (TPSA) is 105 Å². The molecule has 3 N–H and O–H groups in total. The van der Waals surface area contributed by atoms with Crippen LogP contribution in [-0.4, -0.2) is 44.0 Å². The van der Waals surface area contributed by atoms with Gasteiger partial charge in [-0.1, -0.05) is 0 Å². The zero-order chi connectivity index (χ0) is 14.1. The predicted molar refractivity (Wildman–Crippen MR) is 55.8 cm³/mol. The van der Waals surface area contributed by atoms with E-state index in [4.69, 9.17) is 9.84 Å². The van der Waals surface area contributed by atoms with E-state index in [0.717, 1.165) is 12.3 Å². The number of aliphatic hydroxyl groups is 2. The first kappa shape index (κ1) is 12.5. The van der Waals surface area contributed by atoms with Crippen LogP contribution in [0.5, 0.6) is 0 Å². The second-order valence-electron chi connectivity index (χ2n) is 4.75. The number of aromatic amines is 1. The number of hydrogen-bond donors (Lipinski definition) is 3. The maximum absolute atomic E-state index is 14.4. The molecule has 0 radical (unpaired) electrons. The maximum Gasteiger partial charge on any atom is 0.330 e. The molecule has 1 saturated carbocycles. The van der Waals surface area contributed by atoms with E-state index in [1.807, 2.05) is 4.98 Å². The van der Waals surface area contributed by atoms with Crippen LogP contribution in [0.1, 0.15) is 6.42 Å². The van der Waals surface area contributed by atoms with Gasteiger partial charge in [0.1, 0.15) is 6.61 Å². The van der Waals surface area contributed by atoms with Crippen molar-refractivity contribution in [3.05, 3.63) is 33.1 Å². The first-order valence-corrected chi connectivity index (χ1v) is 5.48. The van der Waals surface area contributed by atoms with Crippen molar-refractivity contribution >= 4 is 0 Å². The van der Waals surface area contributed by atoms with Gasteiger partial charge in [-0.2, -0.15) is 0 Å². The van der Waals surface area contributed by atoms with Crippen molar-refractivity contribution in [1.82, 2.24) is 9.55 Å². The highest BCUT2D eigenvalue weighted by molar-refractivity contribution is 5.27. The molecule has 4 atom stereocenters. The molecule has 1 aliphatic carbocycles. The highest BCUT2D eigenvalue weighted by Gasteiger charge is 2.87. The Morgan fingerprint density at radius 3 is 2.74 bits per heavy atom. The summed E-state index contributed by atoms with van der Waals surface area (Å²) in [6.45, 7) is -1.25. The molecule has 2 fully saturated rings. The number of alkyl halides is 2. The zero-order valence-electron chi connectivity index (χ0n) is 9.47. The lowest BCUT2D eigenvalue weighted by Crippen LogP contribution is -2.45. The molecule has 7 nitrogen and oxygen atoms in total. The quantitative estimate of drug-likeness (QED) is 0.600. The van der Waals surface area contributed by atoms with Gasteiger partial charge in [-0.3, -0.25) is 14.3 Å². The van der Waals surface area contributed by atoms with Gasteiger partial charge in [-0.15, -0.1) is 0 Å². The minimum Gasteiger partial charge on any atom is -0.390 e. The molecule has 9 heteroatoms. The monoisotopic (exact) mass is 276 g/mol. The van der Waals surface area contributed by atoms with Crippen molar-refractivity contribution in [2.24, 2.45) is 0 Å². The van der Waals surface area contributed by atoms with E-state index in [2.05, 4.69) is 0 Å². The fraction of sp³-hybridized carbons (Fsp3) is 0.600. The van der Waals surface area contributed by atoms with Gasteiger partial charge in [0.15, 0.2) is 17.5 Å². The van der Waals surface area contributed by atoms with Gasteiger partial charge in [-0.25, -0.2) is 13.6 Å². The summed E-state index contributed by atoms with van der Waals surface area (Å²) in [5.74, 6) is -2.98. The standard InChI is InChI=1S/C10H10F2N2O5/c11-8-3-10(8,19-9(12,4-15)6(8)17)14-2-1-5(16)13-7(14)18/h1-2,6,15,17H,3-4H2,(H,13,16,18)/t6-,8+,9+,10+/m0/s1. The average Bonchev–Trinajstić information content (AvgIpc) is 2.89. The predicted octanol–water partition coefficient (Wildman–Crippen LogP) is -1.65. The first-order chi connectivity index (χ1) is 8.79. The molecule has 0 aromatic carbocycles. The Balaban J connectivity index is 2.13. The number of aliphatic hydroxyl groups excluding tert-OH is 2. The molecule has 2 heterocycles. The van der Waals surface area contributed by atoms with Crippen LogP contribution in [0.2, 0.25) is 0 Å². The van der Waals surface area contributed by atoms with Crippen LogP contribution in [0.3, 0.4) is 0 Å². The number of nitrogens with one attached hydrogen (secondary N) is 1. The van der Waals surface area contributed by atoms with E-state index in [-0.39, 0.29) is 0 Å². The summed E-state index contributed by atoms with van der Waals surface area (Å²) in [5.41, 5.74) is -6.24. The van der Waals surface area contributed by atoms with Crippen LogP contribution >= 0.6 is 0 Å². The summed E-state index contributed by atoms with van der Waals surface area (Å²) in [4.78, 5) is 24.4. The third-order valence-electron chi connectivity index (χ3n) is 3.63. The molecular weight excluding hydrogens is 266 g/mol. The van der Waals surface area contributed by atoms with Crippen molar-refractivity contribution < 1.29 is 23.7 Å². The summed E-state index contributed by atoms with van der Waals surface area (Å²) in [6.07, 6.45) is -1.71. The number of ether oxygens (including phenoxy) is 1. The smallest absolute Gasteiger partial charge is 0.330 e. The summed E-state index contributed by atoms with van der Waals surface area (Å²) in [6, 6.07) is 0.946. The lowest BCUT2D eigenvalue weighted by molar-refractivity contribution is -0.236. The molecule has 19 heavy (non-hydrogen) atoms. The Morgan fingerprint density at radius 2 is 2.21 bits per heavy atom. The van der Waals surface area contributed by atoms with E-state index >= 15 is 0 Å². The molecule has 0 bridgehead atoms. The molecule has 104 valence electrons. The molecular formula is C10H10F2N2O5. The molecule has 0 spiro atoms. The lowest BCUT2D eigenvalue weighted by atomic mass is 10.1. The third-order valence-corrected chi connectivity index (χ3v) is 3.63. The Labute approximate surface area is 104 Å². The maximum atomic E-state index is 14.4. The van der Waals surface area contributed by atoms with Crippen molar-refractivity contribution in [3.8, 4) is 0 Å². The van der Waals surface area contributed by atoms with Gasteiger partial charge in [-0.05, 0) is 0 Å². The van der Waals surface area contributed by atoms with Crippen molar-refractivity contribution in [3.63, 3.8) is 0 Å². The van der Waals surface area contributed by atoms with E-state index in [9.17, 15) is 23.5 Å². The molecule has 0 amide bonds. The first-order valence-electron chi connectivity index (χ1n) is 5.48. The number of aromatic nitrogens is 2. The summed E-state index contributed by atoms with van der Waals surface area (Å²) in [7, 11) is 0. The SMILES string of the molecule is O=c1ccn([C@@]23C[C@@]2(F)[C@H](O)[C@@](F)(CO)O3)c(=O)[nH]1. The molecule has 2 aliphatic rings. The molecule has 3 rings (SSSR count). The summed E-state index contributed by atoms with van der Waals surface area (Å²) >= 11 is 0. The second-order valence-corrected chi connectivity index (χ2v) is 4.75. The van der Waals surface area contributed by atoms with Crippen LogP contribution in [0.25, 0.3) is 0 Å². The van der Waals surface area contributed by atoms with E-state index in [1.165, 1.54) is 0 Å². The number of H-pyrrole nitrogens is 1. The molecule has 0 unspecified atom stereocenters. The minimum absolute atomic E-state index is 0.446. The van der Waals surface area contributed by atoms with Gasteiger partial charge in [0.2, 0.25) is 0 Å². The van der Waals surface area contributed by atoms with Crippen LogP contribution < -0.4 is 11.2 Å². The number of hydrogen-bond acceptors (Lipinski definition) is 5. The Morgan fingerprint density at radius 1 is 1.53 bits per heavy atom. The van der Waals surface area contributed by atoms with Crippen LogP contribution in [-0.2, 0) is 10.5 Å². The number of fused-ring (bicyclic) bond motifs is 1. The van der Waals surface area contributed by atoms with Crippen LogP contribution in [0.15, 0.2) is 21.9 Å². The third kappa shape index (κ3) is 1.29. The summed E-state index contributed by atoms with van der Waals surface area (Å²) in [5, 5.41) is 18.4. The number of rotatable bonds is 2. The van der Waals surface area contributed by atoms with Crippen LogP contribution in [0, 0.1) is 0 Å². The fourth-order valence-corrected chi connectivity index (χ4v) is 2.57. The van der Waals surface area contributed by atoms with Gasteiger partial charge in [0, 0.05) is 18.7 Å². The lowest BCUT2D eigenvalue weighted by Gasteiger charge is -2.24. The highest BCUT2D eigenvalue weighted by Crippen LogP contribution is 2.68. The second kappa shape index (κ2) is 3.30. The van der Waals surface area contributed by atoms with Crippen molar-refractivity contribution in [2.45, 2.75) is 29.8 Å². The van der Waals surface area contributed by atoms with E-state index in [1.54, 1.807) is 0 Å². The van der Waals surface area contributed by atoms with Gasteiger partial charge in [0.25, 0.3) is 11.4 Å².